The van der Waals surface area contributed by atoms with E-state index in [0.717, 1.165) is 10.9 Å². The number of hydrogen-bond acceptors (Lipinski definition) is 3. The number of nitrogens with two attached hydrogens (primary N) is 1. The predicted molar refractivity (Wildman–Crippen MR) is 50.1 cm³/mol. The van der Waals surface area contributed by atoms with Crippen LogP contribution in [0.2, 0.25) is 0 Å². The van der Waals surface area contributed by atoms with E-state index < -0.39 is 6.10 Å². The van der Waals surface area contributed by atoms with Crippen LogP contribution in [0.4, 0.5) is 0 Å². The molecule has 2 rings (SSSR count). The zero-order valence-electron chi connectivity index (χ0n) is 7.07. The number of aliphatic hydroxyl groups excluding tert-OH is 1. The fourth-order valence-corrected chi connectivity index (χ4v) is 1.35. The molecule has 0 saturated carbocycles. The highest BCUT2D eigenvalue weighted by atomic mass is 16.3. The summed E-state index contributed by atoms with van der Waals surface area (Å²) in [4.78, 5) is 0. The zero-order valence-corrected chi connectivity index (χ0v) is 7.07. The highest BCUT2D eigenvalue weighted by molar-refractivity contribution is 5.81. The maximum Gasteiger partial charge on any atom is 0.108 e. The number of nitrogens with one attached hydrogen (secondary N) is 1. The highest BCUT2D eigenvalue weighted by Gasteiger charge is 2.11. The standard InChI is InChI=1S/C9H11N3O/c10-5-8(13)9-6-3-1-2-4-7(6)11-12-9/h1-4,8,13H,5,10H2,(H,11,12)/t8-/m0/s1. The van der Waals surface area contributed by atoms with Crippen molar-refractivity contribution in [2.45, 2.75) is 6.10 Å². The Balaban J connectivity index is 2.57. The van der Waals surface area contributed by atoms with Crippen LogP contribution >= 0.6 is 0 Å². The summed E-state index contributed by atoms with van der Waals surface area (Å²) < 4.78 is 0. The number of benzene rings is 1. The van der Waals surface area contributed by atoms with E-state index in [1.54, 1.807) is 0 Å². The molecule has 1 aromatic heterocycles. The number of aromatic nitrogens is 2. The summed E-state index contributed by atoms with van der Waals surface area (Å²) in [5.74, 6) is 0. The molecular formula is C9H11N3O. The van der Waals surface area contributed by atoms with Gasteiger partial charge in [0.15, 0.2) is 0 Å². The number of fused-ring (bicyclic) bond motifs is 1. The largest absolute Gasteiger partial charge is 0.385 e. The van der Waals surface area contributed by atoms with E-state index in [-0.39, 0.29) is 6.54 Å². The molecule has 0 aliphatic carbocycles. The van der Waals surface area contributed by atoms with Gasteiger partial charge in [0.2, 0.25) is 0 Å². The molecule has 0 bridgehead atoms. The van der Waals surface area contributed by atoms with Crippen LogP contribution in [0.15, 0.2) is 24.3 Å². The Labute approximate surface area is 75.4 Å². The molecular weight excluding hydrogens is 166 g/mol. The Hall–Kier alpha value is -1.39. The zero-order chi connectivity index (χ0) is 9.26. The van der Waals surface area contributed by atoms with Crippen LogP contribution in [-0.2, 0) is 0 Å². The van der Waals surface area contributed by atoms with E-state index in [1.165, 1.54) is 0 Å². The van der Waals surface area contributed by atoms with Gasteiger partial charge in [-0.25, -0.2) is 0 Å². The molecule has 0 aliphatic rings. The van der Waals surface area contributed by atoms with Gasteiger partial charge in [-0.3, -0.25) is 5.10 Å². The summed E-state index contributed by atoms with van der Waals surface area (Å²) in [7, 11) is 0. The van der Waals surface area contributed by atoms with E-state index >= 15 is 0 Å². The van der Waals surface area contributed by atoms with E-state index in [1.807, 2.05) is 24.3 Å². The van der Waals surface area contributed by atoms with Crippen molar-refractivity contribution >= 4 is 10.9 Å². The van der Waals surface area contributed by atoms with Crippen LogP contribution in [-0.4, -0.2) is 21.8 Å². The van der Waals surface area contributed by atoms with Gasteiger partial charge in [0.25, 0.3) is 0 Å². The Morgan fingerprint density at radius 3 is 3.00 bits per heavy atom. The first kappa shape index (κ1) is 8.22. The summed E-state index contributed by atoms with van der Waals surface area (Å²) in [5.41, 5.74) is 6.90. The number of nitrogens with zero attached hydrogens (tertiary/aromatic N) is 1. The number of rotatable bonds is 2. The van der Waals surface area contributed by atoms with Crippen LogP contribution in [0, 0.1) is 0 Å². The molecule has 0 spiro atoms. The molecule has 0 amide bonds. The summed E-state index contributed by atoms with van der Waals surface area (Å²) in [6, 6.07) is 7.61. The van der Waals surface area contributed by atoms with Gasteiger partial charge in [-0.2, -0.15) is 5.10 Å². The van der Waals surface area contributed by atoms with Crippen molar-refractivity contribution in [3.05, 3.63) is 30.0 Å². The molecule has 13 heavy (non-hydrogen) atoms. The van der Waals surface area contributed by atoms with Crippen molar-refractivity contribution in [1.29, 1.82) is 0 Å². The molecule has 0 fully saturated rings. The quantitative estimate of drug-likeness (QED) is 0.627. The number of para-hydroxylation sites is 1. The van der Waals surface area contributed by atoms with Crippen LogP contribution in [0.25, 0.3) is 10.9 Å². The SMILES string of the molecule is NC[C@H](O)c1[nH]nc2ccccc12. The lowest BCUT2D eigenvalue weighted by Gasteiger charge is -2.03. The van der Waals surface area contributed by atoms with E-state index in [2.05, 4.69) is 10.2 Å². The van der Waals surface area contributed by atoms with Crippen molar-refractivity contribution in [1.82, 2.24) is 10.2 Å². The topological polar surface area (TPSA) is 74.9 Å². The second-order valence-electron chi connectivity index (χ2n) is 2.91. The van der Waals surface area contributed by atoms with E-state index in [9.17, 15) is 5.11 Å². The fraction of sp³-hybridized carbons (Fsp3) is 0.222. The number of H-pyrrole nitrogens is 1. The Morgan fingerprint density at radius 1 is 1.46 bits per heavy atom. The highest BCUT2D eigenvalue weighted by Crippen LogP contribution is 2.20. The van der Waals surface area contributed by atoms with Crippen LogP contribution < -0.4 is 5.73 Å². The second-order valence-corrected chi connectivity index (χ2v) is 2.91. The van der Waals surface area contributed by atoms with Crippen molar-refractivity contribution < 1.29 is 5.11 Å². The van der Waals surface area contributed by atoms with Crippen LogP contribution in [0.3, 0.4) is 0 Å². The molecule has 1 aromatic carbocycles. The molecule has 0 saturated heterocycles. The molecule has 1 atom stereocenters. The molecule has 2 aromatic rings. The molecule has 4 N–H and O–H groups in total. The molecule has 4 heteroatoms. The third-order valence-electron chi connectivity index (χ3n) is 2.05. The van der Waals surface area contributed by atoms with Crippen LogP contribution in [0.1, 0.15) is 11.8 Å². The molecule has 1 heterocycles. The molecule has 4 nitrogen and oxygen atoms in total. The average Bonchev–Trinajstić information content (AvgIpc) is 2.60. The molecule has 0 radical (unpaired) electrons. The van der Waals surface area contributed by atoms with Gasteiger partial charge in [-0.05, 0) is 6.07 Å². The monoisotopic (exact) mass is 177 g/mol. The minimum Gasteiger partial charge on any atom is -0.385 e. The summed E-state index contributed by atoms with van der Waals surface area (Å²) in [6.45, 7) is 0.201. The fourth-order valence-electron chi connectivity index (χ4n) is 1.35. The van der Waals surface area contributed by atoms with Crippen molar-refractivity contribution in [2.75, 3.05) is 6.54 Å². The number of hydrogen-bond donors (Lipinski definition) is 3. The molecule has 0 unspecified atom stereocenters. The first-order chi connectivity index (χ1) is 6.33. The van der Waals surface area contributed by atoms with Gasteiger partial charge in [-0.1, -0.05) is 18.2 Å². The van der Waals surface area contributed by atoms with Gasteiger partial charge < -0.3 is 10.8 Å². The smallest absolute Gasteiger partial charge is 0.108 e. The van der Waals surface area contributed by atoms with Crippen molar-refractivity contribution in [3.8, 4) is 0 Å². The van der Waals surface area contributed by atoms with Crippen molar-refractivity contribution in [2.24, 2.45) is 5.73 Å². The lowest BCUT2D eigenvalue weighted by atomic mass is 10.1. The van der Waals surface area contributed by atoms with Gasteiger partial charge in [0.1, 0.15) is 6.10 Å². The van der Waals surface area contributed by atoms with E-state index in [4.69, 9.17) is 5.73 Å². The van der Waals surface area contributed by atoms with E-state index in [0.29, 0.717) is 5.69 Å². The summed E-state index contributed by atoms with van der Waals surface area (Å²) in [6.07, 6.45) is -0.660. The summed E-state index contributed by atoms with van der Waals surface area (Å²) >= 11 is 0. The van der Waals surface area contributed by atoms with Gasteiger partial charge in [0, 0.05) is 11.9 Å². The second kappa shape index (κ2) is 3.16. The molecule has 68 valence electrons. The third-order valence-corrected chi connectivity index (χ3v) is 2.05. The Morgan fingerprint density at radius 2 is 2.23 bits per heavy atom. The first-order valence-corrected chi connectivity index (χ1v) is 4.14. The first-order valence-electron chi connectivity index (χ1n) is 4.14. The van der Waals surface area contributed by atoms with Crippen LogP contribution in [0.5, 0.6) is 0 Å². The average molecular weight is 177 g/mol. The minimum atomic E-state index is -0.660. The minimum absolute atomic E-state index is 0.201. The normalized spacial score (nSPS) is 13.4. The lowest BCUT2D eigenvalue weighted by Crippen LogP contribution is -2.12. The van der Waals surface area contributed by atoms with Gasteiger partial charge >= 0.3 is 0 Å². The molecule has 0 aliphatic heterocycles. The number of aromatic amines is 1. The Bertz CT molecular complexity index is 410. The maximum atomic E-state index is 9.52. The van der Waals surface area contributed by atoms with Gasteiger partial charge in [-0.15, -0.1) is 0 Å². The third kappa shape index (κ3) is 1.30. The van der Waals surface area contributed by atoms with Gasteiger partial charge in [0.05, 0.1) is 11.2 Å². The number of aliphatic hydroxyl groups is 1. The lowest BCUT2D eigenvalue weighted by molar-refractivity contribution is 0.183. The maximum absolute atomic E-state index is 9.52. The summed E-state index contributed by atoms with van der Waals surface area (Å²) in [5, 5.41) is 17.3. The van der Waals surface area contributed by atoms with Crippen molar-refractivity contribution in [3.63, 3.8) is 0 Å². The predicted octanol–water partition coefficient (Wildman–Crippen LogP) is 0.555. The Kier molecular flexibility index (Phi) is 2.00.